The van der Waals surface area contributed by atoms with Crippen LogP contribution in [0.15, 0.2) is 6.20 Å². The Bertz CT molecular complexity index is 509. The van der Waals surface area contributed by atoms with E-state index in [0.29, 0.717) is 36.6 Å². The molecule has 6 nitrogen and oxygen atoms in total. The Morgan fingerprint density at radius 2 is 2.30 bits per heavy atom. The van der Waals surface area contributed by atoms with Crippen LogP contribution in [0.5, 0.6) is 0 Å². The molecule has 2 N–H and O–H groups in total. The number of hydrogen-bond donors (Lipinski definition) is 2. The third kappa shape index (κ3) is 3.01. The second-order valence-corrected chi connectivity index (χ2v) is 4.99. The largest absolute Gasteiger partial charge is 0.462 e. The zero-order chi connectivity index (χ0) is 14.7. The van der Waals surface area contributed by atoms with Crippen molar-refractivity contribution in [1.82, 2.24) is 4.98 Å². The number of nitrogens with one attached hydrogen (secondary N) is 2. The second-order valence-electron chi connectivity index (χ2n) is 4.99. The van der Waals surface area contributed by atoms with E-state index >= 15 is 0 Å². The first-order chi connectivity index (χ1) is 9.52. The van der Waals surface area contributed by atoms with Crippen LogP contribution in [0.3, 0.4) is 0 Å². The molecule has 1 saturated heterocycles. The van der Waals surface area contributed by atoms with Gasteiger partial charge in [-0.25, -0.2) is 4.79 Å². The molecule has 2 heterocycles. The van der Waals surface area contributed by atoms with Gasteiger partial charge >= 0.3 is 5.97 Å². The Labute approximate surface area is 117 Å². The Hall–Kier alpha value is -1.82. The van der Waals surface area contributed by atoms with Gasteiger partial charge in [0.25, 0.3) is 0 Å². The molecule has 2 unspecified atom stereocenters. The Balaban J connectivity index is 2.09. The minimum absolute atomic E-state index is 0.100. The van der Waals surface area contributed by atoms with E-state index in [9.17, 15) is 9.59 Å². The van der Waals surface area contributed by atoms with Crippen LogP contribution >= 0.6 is 0 Å². The van der Waals surface area contributed by atoms with Crippen molar-refractivity contribution in [1.29, 1.82) is 0 Å². The van der Waals surface area contributed by atoms with Crippen molar-refractivity contribution in [2.45, 2.75) is 33.3 Å². The van der Waals surface area contributed by atoms with Gasteiger partial charge in [-0.2, -0.15) is 0 Å². The van der Waals surface area contributed by atoms with Gasteiger partial charge in [0, 0.05) is 11.9 Å². The fraction of sp³-hybridized carbons (Fsp3) is 0.571. The fourth-order valence-electron chi connectivity index (χ4n) is 2.33. The van der Waals surface area contributed by atoms with Crippen LogP contribution in [0, 0.1) is 12.8 Å². The number of amides is 1. The monoisotopic (exact) mass is 280 g/mol. The highest BCUT2D eigenvalue weighted by Gasteiger charge is 2.29. The molecule has 1 aromatic rings. The molecule has 2 atom stereocenters. The number of aryl methyl sites for hydroxylation is 1. The van der Waals surface area contributed by atoms with Gasteiger partial charge in [-0.1, -0.05) is 0 Å². The van der Waals surface area contributed by atoms with Gasteiger partial charge in [-0.15, -0.1) is 0 Å². The first-order valence-electron chi connectivity index (χ1n) is 6.80. The molecule has 2 rings (SSSR count). The van der Waals surface area contributed by atoms with Crippen LogP contribution < -0.4 is 5.32 Å². The molecule has 1 aromatic heterocycles. The highest BCUT2D eigenvalue weighted by molar-refractivity contribution is 6.02. The van der Waals surface area contributed by atoms with E-state index in [2.05, 4.69) is 10.3 Å². The van der Waals surface area contributed by atoms with Crippen LogP contribution in [-0.4, -0.2) is 36.2 Å². The predicted octanol–water partition coefficient (Wildman–Crippen LogP) is 1.86. The van der Waals surface area contributed by atoms with E-state index in [1.54, 1.807) is 20.0 Å². The van der Waals surface area contributed by atoms with Gasteiger partial charge in [-0.05, 0) is 27.2 Å². The number of aromatic nitrogens is 1. The van der Waals surface area contributed by atoms with E-state index in [1.165, 1.54) is 0 Å². The fourth-order valence-corrected chi connectivity index (χ4v) is 2.33. The van der Waals surface area contributed by atoms with Gasteiger partial charge < -0.3 is 19.8 Å². The number of esters is 1. The molecule has 0 bridgehead atoms. The highest BCUT2D eigenvalue weighted by Crippen LogP contribution is 2.24. The summed E-state index contributed by atoms with van der Waals surface area (Å²) < 4.78 is 10.4. The average Bonchev–Trinajstić information content (AvgIpc) is 2.96. The van der Waals surface area contributed by atoms with Crippen molar-refractivity contribution >= 4 is 17.6 Å². The first kappa shape index (κ1) is 14.6. The van der Waals surface area contributed by atoms with Crippen LogP contribution in [0.4, 0.5) is 5.69 Å². The average molecular weight is 280 g/mol. The van der Waals surface area contributed by atoms with Gasteiger partial charge in [0.2, 0.25) is 5.91 Å². The molecule has 20 heavy (non-hydrogen) atoms. The summed E-state index contributed by atoms with van der Waals surface area (Å²) in [5.74, 6) is -0.730. The molecule has 0 aliphatic carbocycles. The summed E-state index contributed by atoms with van der Waals surface area (Å²) in [6.45, 7) is 6.17. The van der Waals surface area contributed by atoms with E-state index in [1.807, 2.05) is 6.92 Å². The van der Waals surface area contributed by atoms with Crippen LogP contribution in [-0.2, 0) is 14.3 Å². The minimum atomic E-state index is -0.433. The smallest absolute Gasteiger partial charge is 0.342 e. The Morgan fingerprint density at radius 3 is 2.90 bits per heavy atom. The maximum absolute atomic E-state index is 12.1. The van der Waals surface area contributed by atoms with E-state index in [0.717, 1.165) is 0 Å². The number of hydrogen-bond acceptors (Lipinski definition) is 4. The number of anilines is 1. The molecule has 6 heteroatoms. The molecule has 1 aliphatic heterocycles. The van der Waals surface area contributed by atoms with Gasteiger partial charge in [0.1, 0.15) is 5.56 Å². The molecule has 1 fully saturated rings. The summed E-state index contributed by atoms with van der Waals surface area (Å²) in [5, 5.41) is 2.78. The van der Waals surface area contributed by atoms with E-state index in [-0.39, 0.29) is 17.9 Å². The maximum Gasteiger partial charge on any atom is 0.342 e. The van der Waals surface area contributed by atoms with Crippen molar-refractivity contribution in [3.8, 4) is 0 Å². The standard InChI is InChI=1S/C14H20N2O4/c1-4-19-14(18)12-9(3)15-6-11(12)16-13(17)10-5-8(2)20-7-10/h6,8,10,15H,4-5,7H2,1-3H3,(H,16,17). The van der Waals surface area contributed by atoms with Crippen molar-refractivity contribution in [3.05, 3.63) is 17.5 Å². The molecular formula is C14H20N2O4. The molecule has 0 spiro atoms. The van der Waals surface area contributed by atoms with E-state index < -0.39 is 5.97 Å². The molecule has 1 aliphatic rings. The van der Waals surface area contributed by atoms with Crippen LogP contribution in [0.1, 0.15) is 36.3 Å². The summed E-state index contributed by atoms with van der Waals surface area (Å²) in [4.78, 5) is 27.0. The maximum atomic E-state index is 12.1. The topological polar surface area (TPSA) is 80.4 Å². The summed E-state index contributed by atoms with van der Waals surface area (Å²) in [6.07, 6.45) is 2.41. The van der Waals surface area contributed by atoms with Crippen LogP contribution in [0.25, 0.3) is 0 Å². The predicted molar refractivity (Wildman–Crippen MR) is 73.6 cm³/mol. The molecule has 0 saturated carbocycles. The van der Waals surface area contributed by atoms with Gasteiger partial charge in [0.15, 0.2) is 0 Å². The van der Waals surface area contributed by atoms with Crippen molar-refractivity contribution in [2.24, 2.45) is 5.92 Å². The molecule has 0 aromatic carbocycles. The van der Waals surface area contributed by atoms with Crippen molar-refractivity contribution in [3.63, 3.8) is 0 Å². The minimum Gasteiger partial charge on any atom is -0.462 e. The van der Waals surface area contributed by atoms with Gasteiger partial charge in [-0.3, -0.25) is 4.79 Å². The molecule has 110 valence electrons. The number of carbonyl (C=O) groups is 2. The van der Waals surface area contributed by atoms with E-state index in [4.69, 9.17) is 9.47 Å². The number of carbonyl (C=O) groups excluding carboxylic acids is 2. The third-order valence-electron chi connectivity index (χ3n) is 3.38. The van der Waals surface area contributed by atoms with Crippen LogP contribution in [0.2, 0.25) is 0 Å². The summed E-state index contributed by atoms with van der Waals surface area (Å²) in [6, 6.07) is 0. The lowest BCUT2D eigenvalue weighted by atomic mass is 10.1. The molecular weight excluding hydrogens is 260 g/mol. The summed E-state index contributed by atoms with van der Waals surface area (Å²) in [5.41, 5.74) is 1.52. The summed E-state index contributed by atoms with van der Waals surface area (Å²) >= 11 is 0. The van der Waals surface area contributed by atoms with Gasteiger partial charge in [0.05, 0.1) is 30.9 Å². The third-order valence-corrected chi connectivity index (χ3v) is 3.38. The first-order valence-corrected chi connectivity index (χ1v) is 6.80. The lowest BCUT2D eigenvalue weighted by Crippen LogP contribution is -2.24. The van der Waals surface area contributed by atoms with Crippen molar-refractivity contribution < 1.29 is 19.1 Å². The number of aromatic amines is 1. The normalized spacial score (nSPS) is 21.8. The zero-order valence-electron chi connectivity index (χ0n) is 12.0. The molecule has 0 radical (unpaired) electrons. The number of rotatable bonds is 4. The quantitative estimate of drug-likeness (QED) is 0.825. The zero-order valence-corrected chi connectivity index (χ0v) is 12.0. The van der Waals surface area contributed by atoms with Crippen molar-refractivity contribution in [2.75, 3.05) is 18.5 Å². The highest BCUT2D eigenvalue weighted by atomic mass is 16.5. The number of ether oxygens (including phenoxy) is 2. The second kappa shape index (κ2) is 6.09. The Kier molecular flexibility index (Phi) is 4.44. The molecule has 1 amide bonds. The SMILES string of the molecule is CCOC(=O)c1c(NC(=O)C2COC(C)C2)c[nH]c1C. The number of H-pyrrole nitrogens is 1. The summed E-state index contributed by atoms with van der Waals surface area (Å²) in [7, 11) is 0. The lowest BCUT2D eigenvalue weighted by molar-refractivity contribution is -0.119. The lowest BCUT2D eigenvalue weighted by Gasteiger charge is -2.10. The Morgan fingerprint density at radius 1 is 1.55 bits per heavy atom.